The van der Waals surface area contributed by atoms with Gasteiger partial charge in [-0.2, -0.15) is 11.3 Å². The Kier molecular flexibility index (Phi) is 4.42. The Hall–Kier alpha value is -1.17. The molecule has 0 fully saturated rings. The van der Waals surface area contributed by atoms with Crippen LogP contribution in [0.4, 0.5) is 0 Å². The summed E-state index contributed by atoms with van der Waals surface area (Å²) in [6, 6.07) is 7.58. The van der Waals surface area contributed by atoms with Gasteiger partial charge in [0.1, 0.15) is 0 Å². The van der Waals surface area contributed by atoms with E-state index in [0.29, 0.717) is 11.4 Å². The summed E-state index contributed by atoms with van der Waals surface area (Å²) in [7, 11) is -3.39. The van der Waals surface area contributed by atoms with E-state index in [0.717, 1.165) is 25.7 Å². The Balaban J connectivity index is 1.69. The predicted molar refractivity (Wildman–Crippen MR) is 86.3 cm³/mol. The molecule has 0 saturated heterocycles. The van der Waals surface area contributed by atoms with Crippen molar-refractivity contribution in [2.75, 3.05) is 6.54 Å². The van der Waals surface area contributed by atoms with Gasteiger partial charge in [-0.3, -0.25) is 0 Å². The second kappa shape index (κ2) is 6.30. The molecule has 112 valence electrons. The maximum absolute atomic E-state index is 12.3. The number of nitrogens with one attached hydrogen (secondary N) is 1. The minimum absolute atomic E-state index is 0.397. The van der Waals surface area contributed by atoms with E-state index in [1.807, 2.05) is 29.0 Å². The highest BCUT2D eigenvalue weighted by molar-refractivity contribution is 7.89. The average Bonchev–Trinajstić information content (AvgIpc) is 3.00. The predicted octanol–water partition coefficient (Wildman–Crippen LogP) is 3.15. The van der Waals surface area contributed by atoms with E-state index < -0.39 is 10.0 Å². The maximum Gasteiger partial charge on any atom is 0.240 e. The van der Waals surface area contributed by atoms with Crippen LogP contribution in [-0.2, 0) is 29.3 Å². The van der Waals surface area contributed by atoms with Gasteiger partial charge >= 0.3 is 0 Å². The molecule has 0 saturated carbocycles. The molecule has 3 rings (SSSR count). The van der Waals surface area contributed by atoms with E-state index in [1.165, 1.54) is 23.1 Å². The molecule has 1 aliphatic carbocycles. The molecule has 0 unspecified atom stereocenters. The number of rotatable bonds is 5. The van der Waals surface area contributed by atoms with Crippen molar-refractivity contribution in [1.29, 1.82) is 0 Å². The van der Waals surface area contributed by atoms with Gasteiger partial charge < -0.3 is 0 Å². The normalized spacial score (nSPS) is 14.9. The lowest BCUT2D eigenvalue weighted by molar-refractivity contribution is 0.581. The van der Waals surface area contributed by atoms with Crippen LogP contribution in [0.1, 0.15) is 29.5 Å². The van der Waals surface area contributed by atoms with Gasteiger partial charge in [-0.1, -0.05) is 6.07 Å². The first-order valence-corrected chi connectivity index (χ1v) is 9.70. The Bertz CT molecular complexity index is 706. The lowest BCUT2D eigenvalue weighted by Gasteiger charge is -2.16. The third-order valence-electron chi connectivity index (χ3n) is 3.92. The highest BCUT2D eigenvalue weighted by atomic mass is 32.2. The third kappa shape index (κ3) is 3.54. The van der Waals surface area contributed by atoms with Crippen LogP contribution in [0.15, 0.2) is 39.9 Å². The van der Waals surface area contributed by atoms with Gasteiger partial charge in [0, 0.05) is 6.54 Å². The molecule has 3 nitrogen and oxygen atoms in total. The molecule has 1 heterocycles. The van der Waals surface area contributed by atoms with E-state index in [9.17, 15) is 8.42 Å². The molecule has 1 N–H and O–H groups in total. The lowest BCUT2D eigenvalue weighted by Crippen LogP contribution is -2.26. The van der Waals surface area contributed by atoms with Crippen molar-refractivity contribution in [3.63, 3.8) is 0 Å². The summed E-state index contributed by atoms with van der Waals surface area (Å²) < 4.78 is 27.4. The smallest absolute Gasteiger partial charge is 0.211 e. The van der Waals surface area contributed by atoms with E-state index in [1.54, 1.807) is 17.4 Å². The van der Waals surface area contributed by atoms with Gasteiger partial charge in [0.15, 0.2) is 0 Å². The van der Waals surface area contributed by atoms with Crippen LogP contribution in [0.5, 0.6) is 0 Å². The van der Waals surface area contributed by atoms with E-state index in [2.05, 4.69) is 4.72 Å². The molecule has 2 aromatic rings. The van der Waals surface area contributed by atoms with Gasteiger partial charge in [-0.15, -0.1) is 0 Å². The topological polar surface area (TPSA) is 46.2 Å². The zero-order chi connectivity index (χ0) is 14.7. The maximum atomic E-state index is 12.3. The molecule has 0 radical (unpaired) electrons. The van der Waals surface area contributed by atoms with Gasteiger partial charge in [-0.25, -0.2) is 13.1 Å². The van der Waals surface area contributed by atoms with E-state index >= 15 is 0 Å². The molecule has 0 bridgehead atoms. The van der Waals surface area contributed by atoms with Crippen molar-refractivity contribution in [2.24, 2.45) is 0 Å². The zero-order valence-electron chi connectivity index (χ0n) is 11.8. The van der Waals surface area contributed by atoms with Crippen molar-refractivity contribution < 1.29 is 8.42 Å². The molecule has 1 aliphatic rings. The van der Waals surface area contributed by atoms with Gasteiger partial charge in [-0.05, 0) is 77.8 Å². The fraction of sp³-hybridized carbons (Fsp3) is 0.375. The number of hydrogen-bond donors (Lipinski definition) is 1. The fourth-order valence-corrected chi connectivity index (χ4v) is 4.51. The number of sulfonamides is 1. The molecule has 0 atom stereocenters. The van der Waals surface area contributed by atoms with Crippen LogP contribution in [0.3, 0.4) is 0 Å². The molecule has 1 aromatic heterocycles. The lowest BCUT2D eigenvalue weighted by atomic mass is 9.92. The summed E-state index contributed by atoms with van der Waals surface area (Å²) in [4.78, 5) is 0.397. The number of fused-ring (bicyclic) bond motifs is 1. The minimum atomic E-state index is -3.39. The van der Waals surface area contributed by atoms with Crippen LogP contribution in [0, 0.1) is 0 Å². The van der Waals surface area contributed by atoms with Gasteiger partial charge in [0.25, 0.3) is 0 Å². The third-order valence-corrected chi connectivity index (χ3v) is 6.11. The van der Waals surface area contributed by atoms with Crippen molar-refractivity contribution in [3.05, 3.63) is 51.7 Å². The van der Waals surface area contributed by atoms with E-state index in [4.69, 9.17) is 0 Å². The van der Waals surface area contributed by atoms with Crippen LogP contribution in [-0.4, -0.2) is 15.0 Å². The highest BCUT2D eigenvalue weighted by Crippen LogP contribution is 2.24. The Morgan fingerprint density at radius 2 is 1.90 bits per heavy atom. The monoisotopic (exact) mass is 321 g/mol. The van der Waals surface area contributed by atoms with Crippen LogP contribution < -0.4 is 4.72 Å². The SMILES string of the molecule is O=S(=O)(NCCc1ccsc1)c1ccc2c(c1)CCCC2. The summed E-state index contributed by atoms with van der Waals surface area (Å²) in [5.74, 6) is 0. The number of thiophene rings is 1. The van der Waals surface area contributed by atoms with Crippen LogP contribution in [0.2, 0.25) is 0 Å². The first-order chi connectivity index (χ1) is 10.1. The second-order valence-corrected chi connectivity index (χ2v) is 7.96. The Labute approximate surface area is 130 Å². The second-order valence-electron chi connectivity index (χ2n) is 5.42. The van der Waals surface area contributed by atoms with Gasteiger partial charge in [0.2, 0.25) is 10.0 Å². The molecule has 0 spiro atoms. The minimum Gasteiger partial charge on any atom is -0.211 e. The molecule has 5 heteroatoms. The van der Waals surface area contributed by atoms with Crippen molar-refractivity contribution >= 4 is 21.4 Å². The van der Waals surface area contributed by atoms with Crippen molar-refractivity contribution in [3.8, 4) is 0 Å². The molecule has 1 aromatic carbocycles. The standard InChI is InChI=1S/C16H19NO2S2/c18-21(19,17-9-7-13-8-10-20-12-13)16-6-5-14-3-1-2-4-15(14)11-16/h5-6,8,10-12,17H,1-4,7,9H2. The Morgan fingerprint density at radius 3 is 2.67 bits per heavy atom. The summed E-state index contributed by atoms with van der Waals surface area (Å²) >= 11 is 1.63. The summed E-state index contributed by atoms with van der Waals surface area (Å²) in [6.07, 6.45) is 5.16. The van der Waals surface area contributed by atoms with E-state index in [-0.39, 0.29) is 0 Å². The Morgan fingerprint density at radius 1 is 1.10 bits per heavy atom. The zero-order valence-corrected chi connectivity index (χ0v) is 13.5. The molecule has 0 amide bonds. The summed E-state index contributed by atoms with van der Waals surface area (Å²) in [6.45, 7) is 0.441. The highest BCUT2D eigenvalue weighted by Gasteiger charge is 2.17. The summed E-state index contributed by atoms with van der Waals surface area (Å²) in [5.41, 5.74) is 3.67. The number of hydrogen-bond acceptors (Lipinski definition) is 3. The quantitative estimate of drug-likeness (QED) is 0.919. The van der Waals surface area contributed by atoms with Gasteiger partial charge in [0.05, 0.1) is 4.90 Å². The first-order valence-electron chi connectivity index (χ1n) is 7.28. The average molecular weight is 321 g/mol. The summed E-state index contributed by atoms with van der Waals surface area (Å²) in [5, 5.41) is 4.06. The first kappa shape index (κ1) is 14.8. The van der Waals surface area contributed by atoms with Crippen molar-refractivity contribution in [2.45, 2.75) is 37.0 Å². The fourth-order valence-electron chi connectivity index (χ4n) is 2.72. The molecular weight excluding hydrogens is 302 g/mol. The van der Waals surface area contributed by atoms with Crippen LogP contribution in [0.25, 0.3) is 0 Å². The van der Waals surface area contributed by atoms with Crippen molar-refractivity contribution in [1.82, 2.24) is 4.72 Å². The molecular formula is C16H19NO2S2. The molecule has 21 heavy (non-hydrogen) atoms. The number of benzene rings is 1. The van der Waals surface area contributed by atoms with Crippen LogP contribution >= 0.6 is 11.3 Å². The number of aryl methyl sites for hydroxylation is 2. The largest absolute Gasteiger partial charge is 0.240 e. The molecule has 0 aliphatic heterocycles.